The molecule has 2 aromatic rings. The van der Waals surface area contributed by atoms with Gasteiger partial charge in [-0.3, -0.25) is 0 Å². The molecule has 0 spiro atoms. The maximum absolute atomic E-state index is 5.78. The SMILES string of the molecule is Cn1ccnc1SC(CN)c1cccs1. The summed E-state index contributed by atoms with van der Waals surface area (Å²) in [6.07, 6.45) is 3.76. The molecule has 0 amide bonds. The first-order valence-corrected chi connectivity index (χ1v) is 6.44. The summed E-state index contributed by atoms with van der Waals surface area (Å²) >= 11 is 3.46. The van der Waals surface area contributed by atoms with Gasteiger partial charge in [0.1, 0.15) is 0 Å². The van der Waals surface area contributed by atoms with E-state index in [9.17, 15) is 0 Å². The van der Waals surface area contributed by atoms with E-state index in [0.717, 1.165) is 5.16 Å². The number of thiophene rings is 1. The number of thioether (sulfide) groups is 1. The van der Waals surface area contributed by atoms with Gasteiger partial charge >= 0.3 is 0 Å². The average Bonchev–Trinajstić information content (AvgIpc) is 2.86. The predicted octanol–water partition coefficient (Wildman–Crippen LogP) is 2.27. The molecular weight excluding hydrogens is 226 g/mol. The van der Waals surface area contributed by atoms with E-state index in [0.29, 0.717) is 11.8 Å². The molecule has 0 aliphatic heterocycles. The van der Waals surface area contributed by atoms with Gasteiger partial charge in [-0.2, -0.15) is 0 Å². The predicted molar refractivity (Wildman–Crippen MR) is 65.2 cm³/mol. The second-order valence-corrected chi connectivity index (χ2v) is 5.33. The third kappa shape index (κ3) is 2.42. The molecule has 2 aromatic heterocycles. The van der Waals surface area contributed by atoms with Crippen LogP contribution in [-0.2, 0) is 7.05 Å². The van der Waals surface area contributed by atoms with Crippen molar-refractivity contribution >= 4 is 23.1 Å². The lowest BCUT2D eigenvalue weighted by molar-refractivity contribution is 0.784. The Hall–Kier alpha value is -0.780. The van der Waals surface area contributed by atoms with E-state index in [2.05, 4.69) is 22.5 Å². The first-order chi connectivity index (χ1) is 7.31. The summed E-state index contributed by atoms with van der Waals surface area (Å²) in [6, 6.07) is 4.18. The molecule has 0 saturated carbocycles. The van der Waals surface area contributed by atoms with Gasteiger partial charge in [0.2, 0.25) is 0 Å². The third-order valence-electron chi connectivity index (χ3n) is 2.10. The highest BCUT2D eigenvalue weighted by atomic mass is 32.2. The molecule has 15 heavy (non-hydrogen) atoms. The number of aryl methyl sites for hydroxylation is 1. The lowest BCUT2D eigenvalue weighted by Crippen LogP contribution is -2.08. The van der Waals surface area contributed by atoms with Crippen molar-refractivity contribution in [1.29, 1.82) is 0 Å². The number of imidazole rings is 1. The standard InChI is InChI=1S/C10H13N3S2/c1-13-5-4-12-10(13)15-9(7-11)8-3-2-6-14-8/h2-6,9H,7,11H2,1H3. The number of aromatic nitrogens is 2. The molecule has 5 heteroatoms. The fraction of sp³-hybridized carbons (Fsp3) is 0.300. The molecule has 80 valence electrons. The van der Waals surface area contributed by atoms with Crippen molar-refractivity contribution < 1.29 is 0 Å². The van der Waals surface area contributed by atoms with Crippen LogP contribution in [0.15, 0.2) is 35.1 Å². The minimum Gasteiger partial charge on any atom is -0.329 e. The second kappa shape index (κ2) is 4.83. The summed E-state index contributed by atoms with van der Waals surface area (Å²) in [4.78, 5) is 5.60. The fourth-order valence-electron chi connectivity index (χ4n) is 1.29. The van der Waals surface area contributed by atoms with Gasteiger partial charge in [-0.1, -0.05) is 17.8 Å². The molecule has 1 unspecified atom stereocenters. The molecule has 0 radical (unpaired) electrons. The largest absolute Gasteiger partial charge is 0.329 e. The quantitative estimate of drug-likeness (QED) is 0.832. The Morgan fingerprint density at radius 2 is 2.53 bits per heavy atom. The van der Waals surface area contributed by atoms with Crippen LogP contribution < -0.4 is 5.73 Å². The van der Waals surface area contributed by atoms with E-state index >= 15 is 0 Å². The van der Waals surface area contributed by atoms with E-state index in [1.54, 1.807) is 23.1 Å². The Balaban J connectivity index is 2.13. The third-order valence-corrected chi connectivity index (χ3v) is 4.57. The Kier molecular flexibility index (Phi) is 3.45. The molecule has 2 heterocycles. The van der Waals surface area contributed by atoms with Crippen LogP contribution in [-0.4, -0.2) is 16.1 Å². The van der Waals surface area contributed by atoms with Crippen LogP contribution in [0.25, 0.3) is 0 Å². The topological polar surface area (TPSA) is 43.8 Å². The number of hydrogen-bond acceptors (Lipinski definition) is 4. The average molecular weight is 239 g/mol. The van der Waals surface area contributed by atoms with E-state index in [1.807, 2.05) is 24.0 Å². The van der Waals surface area contributed by atoms with Crippen LogP contribution in [0.4, 0.5) is 0 Å². The maximum atomic E-state index is 5.78. The summed E-state index contributed by atoms with van der Waals surface area (Å²) in [5, 5.41) is 3.40. The van der Waals surface area contributed by atoms with E-state index in [-0.39, 0.29) is 0 Å². The van der Waals surface area contributed by atoms with Crippen molar-refractivity contribution in [3.05, 3.63) is 34.8 Å². The maximum Gasteiger partial charge on any atom is 0.168 e. The number of nitrogens with zero attached hydrogens (tertiary/aromatic N) is 2. The van der Waals surface area contributed by atoms with Crippen LogP contribution in [0.5, 0.6) is 0 Å². The number of hydrogen-bond donors (Lipinski definition) is 1. The Bertz CT molecular complexity index is 408. The first-order valence-electron chi connectivity index (χ1n) is 4.68. The molecule has 1 atom stereocenters. The lowest BCUT2D eigenvalue weighted by Gasteiger charge is -2.11. The van der Waals surface area contributed by atoms with E-state index < -0.39 is 0 Å². The van der Waals surface area contributed by atoms with Gasteiger partial charge < -0.3 is 10.3 Å². The van der Waals surface area contributed by atoms with Crippen LogP contribution in [0.2, 0.25) is 0 Å². The molecule has 0 aliphatic rings. The fourth-order valence-corrected chi connectivity index (χ4v) is 3.21. The van der Waals surface area contributed by atoms with Gasteiger partial charge in [-0.05, 0) is 11.4 Å². The van der Waals surface area contributed by atoms with E-state index in [1.165, 1.54) is 4.88 Å². The summed E-state index contributed by atoms with van der Waals surface area (Å²) in [6.45, 7) is 0.637. The van der Waals surface area contributed by atoms with Gasteiger partial charge in [0, 0.05) is 30.9 Å². The highest BCUT2D eigenvalue weighted by Gasteiger charge is 2.14. The zero-order chi connectivity index (χ0) is 10.7. The van der Waals surface area contributed by atoms with Gasteiger partial charge in [-0.15, -0.1) is 11.3 Å². The molecule has 2 rings (SSSR count). The van der Waals surface area contributed by atoms with Crippen molar-refractivity contribution in [3.8, 4) is 0 Å². The first kappa shape index (κ1) is 10.7. The normalized spacial score (nSPS) is 12.9. The molecule has 3 nitrogen and oxygen atoms in total. The Morgan fingerprint density at radius 3 is 3.07 bits per heavy atom. The molecule has 0 bridgehead atoms. The van der Waals surface area contributed by atoms with Crippen LogP contribution in [0, 0.1) is 0 Å². The van der Waals surface area contributed by atoms with Gasteiger partial charge in [0.15, 0.2) is 5.16 Å². The summed E-state index contributed by atoms with van der Waals surface area (Å²) in [5.74, 6) is 0. The van der Waals surface area contributed by atoms with E-state index in [4.69, 9.17) is 5.73 Å². The molecule has 0 aliphatic carbocycles. The van der Waals surface area contributed by atoms with Gasteiger partial charge in [0.05, 0.1) is 5.25 Å². The van der Waals surface area contributed by atoms with Crippen molar-refractivity contribution in [2.24, 2.45) is 12.8 Å². The monoisotopic (exact) mass is 239 g/mol. The lowest BCUT2D eigenvalue weighted by atomic mass is 10.3. The minimum absolute atomic E-state index is 0.311. The van der Waals surface area contributed by atoms with Crippen molar-refractivity contribution in [2.45, 2.75) is 10.4 Å². The summed E-state index contributed by atoms with van der Waals surface area (Å²) in [5.41, 5.74) is 5.78. The highest BCUT2D eigenvalue weighted by molar-refractivity contribution is 7.99. The van der Waals surface area contributed by atoms with Crippen molar-refractivity contribution in [3.63, 3.8) is 0 Å². The van der Waals surface area contributed by atoms with Crippen molar-refractivity contribution in [1.82, 2.24) is 9.55 Å². The number of nitrogens with two attached hydrogens (primary N) is 1. The molecular formula is C10H13N3S2. The second-order valence-electron chi connectivity index (χ2n) is 3.18. The smallest absolute Gasteiger partial charge is 0.168 e. The Labute approximate surface area is 97.3 Å². The van der Waals surface area contributed by atoms with Gasteiger partial charge in [0.25, 0.3) is 0 Å². The molecule has 0 fully saturated rings. The minimum atomic E-state index is 0.311. The molecule has 0 aromatic carbocycles. The van der Waals surface area contributed by atoms with Crippen LogP contribution in [0.1, 0.15) is 10.1 Å². The zero-order valence-electron chi connectivity index (χ0n) is 8.46. The zero-order valence-corrected chi connectivity index (χ0v) is 10.1. The Morgan fingerprint density at radius 1 is 1.67 bits per heavy atom. The summed E-state index contributed by atoms with van der Waals surface area (Å²) in [7, 11) is 2.00. The van der Waals surface area contributed by atoms with Crippen LogP contribution >= 0.6 is 23.1 Å². The van der Waals surface area contributed by atoms with Crippen molar-refractivity contribution in [2.75, 3.05) is 6.54 Å². The summed E-state index contributed by atoms with van der Waals surface area (Å²) < 4.78 is 2.01. The number of rotatable bonds is 4. The van der Waals surface area contributed by atoms with Crippen LogP contribution in [0.3, 0.4) is 0 Å². The van der Waals surface area contributed by atoms with Gasteiger partial charge in [-0.25, -0.2) is 4.98 Å². The molecule has 2 N–H and O–H groups in total. The highest BCUT2D eigenvalue weighted by Crippen LogP contribution is 2.35. The molecule has 0 saturated heterocycles.